The molecule has 0 aromatic heterocycles. The van der Waals surface area contributed by atoms with Gasteiger partial charge < -0.3 is 9.84 Å². The van der Waals surface area contributed by atoms with Crippen molar-refractivity contribution in [3.05, 3.63) is 59.7 Å². The van der Waals surface area contributed by atoms with Crippen molar-refractivity contribution in [3.63, 3.8) is 0 Å². The Morgan fingerprint density at radius 1 is 1.19 bits per heavy atom. The molecule has 2 heterocycles. The quantitative estimate of drug-likeness (QED) is 0.889. The van der Waals surface area contributed by atoms with Crippen molar-refractivity contribution in [1.82, 2.24) is 4.90 Å². The first kappa shape index (κ1) is 17.5. The minimum Gasteiger partial charge on any atom is -0.493 e. The van der Waals surface area contributed by atoms with Gasteiger partial charge in [0.15, 0.2) is 9.84 Å². The summed E-state index contributed by atoms with van der Waals surface area (Å²) in [6.07, 6.45) is 1.22. The van der Waals surface area contributed by atoms with Crippen LogP contribution in [-0.4, -0.2) is 51.0 Å². The molecule has 0 spiro atoms. The minimum absolute atomic E-state index is 0.0928. The molecule has 6 heteroatoms. The minimum atomic E-state index is -3.17. The standard InChI is InChI=1S/C20H23NO4S/c1-26(23,24)16-8-6-15(7-9-16)10-21-11-18-17-4-2-3-5-19(17)25-14-20(18,12-21)13-22/h2-9,18,22H,10-14H2,1H3/t18-,20-/m1/s1. The van der Waals surface area contributed by atoms with Gasteiger partial charge in [-0.1, -0.05) is 30.3 Å². The number of rotatable bonds is 4. The maximum atomic E-state index is 11.6. The number of benzene rings is 2. The molecule has 2 aliphatic heterocycles. The molecule has 1 N–H and O–H groups in total. The molecule has 0 radical (unpaired) electrons. The van der Waals surface area contributed by atoms with Gasteiger partial charge in [0.05, 0.1) is 18.1 Å². The molecule has 138 valence electrons. The highest BCUT2D eigenvalue weighted by Crippen LogP contribution is 2.49. The summed E-state index contributed by atoms with van der Waals surface area (Å²) >= 11 is 0. The number of likely N-dealkylation sites (tertiary alicyclic amines) is 1. The summed E-state index contributed by atoms with van der Waals surface area (Å²) in [5, 5.41) is 10.1. The van der Waals surface area contributed by atoms with E-state index in [0.717, 1.165) is 30.9 Å². The Balaban J connectivity index is 1.55. The third-order valence-corrected chi connectivity index (χ3v) is 6.73. The second-order valence-corrected chi connectivity index (χ2v) is 9.50. The van der Waals surface area contributed by atoms with Crippen LogP contribution in [-0.2, 0) is 16.4 Å². The number of sulfone groups is 1. The van der Waals surface area contributed by atoms with Crippen LogP contribution in [0.3, 0.4) is 0 Å². The Kier molecular flexibility index (Phi) is 4.29. The molecule has 0 amide bonds. The van der Waals surface area contributed by atoms with Crippen molar-refractivity contribution in [2.24, 2.45) is 5.41 Å². The molecule has 2 aliphatic rings. The van der Waals surface area contributed by atoms with Crippen molar-refractivity contribution in [2.75, 3.05) is 32.6 Å². The van der Waals surface area contributed by atoms with Gasteiger partial charge in [-0.25, -0.2) is 8.42 Å². The molecule has 0 unspecified atom stereocenters. The van der Waals surface area contributed by atoms with E-state index in [1.807, 2.05) is 30.3 Å². The van der Waals surface area contributed by atoms with E-state index >= 15 is 0 Å². The van der Waals surface area contributed by atoms with E-state index < -0.39 is 9.84 Å². The molecule has 0 bridgehead atoms. The summed E-state index contributed by atoms with van der Waals surface area (Å²) in [4.78, 5) is 2.66. The summed E-state index contributed by atoms with van der Waals surface area (Å²) in [6, 6.07) is 15.1. The number of para-hydroxylation sites is 1. The zero-order valence-corrected chi connectivity index (χ0v) is 15.6. The molecular formula is C20H23NO4S. The van der Waals surface area contributed by atoms with Crippen LogP contribution in [0.5, 0.6) is 5.75 Å². The van der Waals surface area contributed by atoms with Crippen LogP contribution in [0.2, 0.25) is 0 Å². The van der Waals surface area contributed by atoms with E-state index in [2.05, 4.69) is 11.0 Å². The second-order valence-electron chi connectivity index (χ2n) is 7.49. The van der Waals surface area contributed by atoms with E-state index in [1.54, 1.807) is 12.1 Å². The van der Waals surface area contributed by atoms with Crippen LogP contribution in [0, 0.1) is 5.41 Å². The zero-order valence-electron chi connectivity index (χ0n) is 14.8. The van der Waals surface area contributed by atoms with Gasteiger partial charge in [-0.05, 0) is 29.3 Å². The van der Waals surface area contributed by atoms with E-state index in [4.69, 9.17) is 4.74 Å². The van der Waals surface area contributed by atoms with E-state index in [0.29, 0.717) is 11.5 Å². The zero-order chi connectivity index (χ0) is 18.4. The largest absolute Gasteiger partial charge is 0.493 e. The van der Waals surface area contributed by atoms with E-state index in [-0.39, 0.29) is 17.9 Å². The molecule has 0 saturated carbocycles. The average molecular weight is 373 g/mol. The number of fused-ring (bicyclic) bond motifs is 3. The number of hydrogen-bond donors (Lipinski definition) is 1. The monoisotopic (exact) mass is 373 g/mol. The highest BCUT2D eigenvalue weighted by Gasteiger charge is 2.50. The van der Waals surface area contributed by atoms with Crippen molar-refractivity contribution in [3.8, 4) is 5.75 Å². The first-order valence-corrected chi connectivity index (χ1v) is 10.6. The van der Waals surface area contributed by atoms with Crippen LogP contribution in [0.1, 0.15) is 17.0 Å². The van der Waals surface area contributed by atoms with Crippen molar-refractivity contribution >= 4 is 9.84 Å². The molecule has 4 rings (SSSR count). The predicted octanol–water partition coefficient (Wildman–Crippen LogP) is 2.06. The Labute approximate surface area is 154 Å². The summed E-state index contributed by atoms with van der Waals surface area (Å²) in [7, 11) is -3.17. The molecule has 1 saturated heterocycles. The normalized spacial score (nSPS) is 25.4. The van der Waals surface area contributed by atoms with Gasteiger partial charge in [0.25, 0.3) is 0 Å². The first-order chi connectivity index (χ1) is 12.4. The Morgan fingerprint density at radius 3 is 2.62 bits per heavy atom. The fourth-order valence-corrected chi connectivity index (χ4v) is 4.82. The predicted molar refractivity (Wildman–Crippen MR) is 99.0 cm³/mol. The molecule has 5 nitrogen and oxygen atoms in total. The lowest BCUT2D eigenvalue weighted by Gasteiger charge is -2.38. The average Bonchev–Trinajstić information content (AvgIpc) is 3.00. The summed E-state index contributed by atoms with van der Waals surface area (Å²) in [5.41, 5.74) is 1.96. The van der Waals surface area contributed by atoms with E-state index in [9.17, 15) is 13.5 Å². The Morgan fingerprint density at radius 2 is 1.92 bits per heavy atom. The van der Waals surface area contributed by atoms with Crippen molar-refractivity contribution in [1.29, 1.82) is 0 Å². The number of aliphatic hydroxyl groups excluding tert-OH is 1. The van der Waals surface area contributed by atoms with Gasteiger partial charge in [0.1, 0.15) is 5.75 Å². The Hall–Kier alpha value is -1.89. The SMILES string of the molecule is CS(=O)(=O)c1ccc(CN2C[C@@H]3c4ccccc4OC[C@]3(CO)C2)cc1. The maximum Gasteiger partial charge on any atom is 0.175 e. The van der Waals surface area contributed by atoms with Gasteiger partial charge >= 0.3 is 0 Å². The lowest BCUT2D eigenvalue weighted by Crippen LogP contribution is -2.42. The highest BCUT2D eigenvalue weighted by molar-refractivity contribution is 7.90. The fourth-order valence-electron chi connectivity index (χ4n) is 4.19. The van der Waals surface area contributed by atoms with E-state index in [1.165, 1.54) is 11.8 Å². The van der Waals surface area contributed by atoms with Crippen LogP contribution in [0.4, 0.5) is 0 Å². The van der Waals surface area contributed by atoms with Crippen LogP contribution in [0.15, 0.2) is 53.4 Å². The third-order valence-electron chi connectivity index (χ3n) is 5.60. The number of hydrogen-bond acceptors (Lipinski definition) is 5. The molecule has 1 fully saturated rings. The molecule has 0 aliphatic carbocycles. The van der Waals surface area contributed by atoms with Gasteiger partial charge in [-0.3, -0.25) is 4.90 Å². The Bertz CT molecular complexity index is 910. The van der Waals surface area contributed by atoms with Gasteiger partial charge in [0.2, 0.25) is 0 Å². The van der Waals surface area contributed by atoms with Crippen LogP contribution < -0.4 is 4.74 Å². The topological polar surface area (TPSA) is 66.8 Å². The highest BCUT2D eigenvalue weighted by atomic mass is 32.2. The van der Waals surface area contributed by atoms with Crippen LogP contribution in [0.25, 0.3) is 0 Å². The molecule has 2 aromatic rings. The van der Waals surface area contributed by atoms with Gasteiger partial charge in [-0.15, -0.1) is 0 Å². The second kappa shape index (κ2) is 6.37. The third kappa shape index (κ3) is 3.02. The number of ether oxygens (including phenoxy) is 1. The fraction of sp³-hybridized carbons (Fsp3) is 0.400. The van der Waals surface area contributed by atoms with Crippen molar-refractivity contribution in [2.45, 2.75) is 17.4 Å². The van der Waals surface area contributed by atoms with Crippen molar-refractivity contribution < 1.29 is 18.3 Å². The first-order valence-electron chi connectivity index (χ1n) is 8.75. The molecule has 2 aromatic carbocycles. The summed E-state index contributed by atoms with van der Waals surface area (Å²) in [5.74, 6) is 1.16. The van der Waals surface area contributed by atoms with Gasteiger partial charge in [0, 0.05) is 37.2 Å². The molecule has 2 atom stereocenters. The lowest BCUT2D eigenvalue weighted by molar-refractivity contribution is 0.0457. The summed E-state index contributed by atoms with van der Waals surface area (Å²) < 4.78 is 29.1. The molecule has 26 heavy (non-hydrogen) atoms. The molecular weight excluding hydrogens is 350 g/mol. The number of aliphatic hydroxyl groups is 1. The smallest absolute Gasteiger partial charge is 0.175 e. The van der Waals surface area contributed by atoms with Crippen LogP contribution >= 0.6 is 0 Å². The number of nitrogens with zero attached hydrogens (tertiary/aromatic N) is 1. The summed E-state index contributed by atoms with van der Waals surface area (Å²) in [6.45, 7) is 2.96. The lowest BCUT2D eigenvalue weighted by atomic mass is 9.74. The maximum absolute atomic E-state index is 11.6. The van der Waals surface area contributed by atoms with Gasteiger partial charge in [-0.2, -0.15) is 0 Å².